The van der Waals surface area contributed by atoms with E-state index in [1.54, 1.807) is 27.7 Å². The van der Waals surface area contributed by atoms with Crippen LogP contribution in [0.25, 0.3) is 89.7 Å². The van der Waals surface area contributed by atoms with Gasteiger partial charge in [-0.2, -0.15) is 0 Å². The molecule has 4 atom stereocenters. The minimum atomic E-state index is -4.64. The van der Waals surface area contributed by atoms with Crippen molar-refractivity contribution in [1.82, 2.24) is 58.8 Å². The van der Waals surface area contributed by atoms with Crippen molar-refractivity contribution in [2.24, 2.45) is 0 Å². The van der Waals surface area contributed by atoms with Gasteiger partial charge in [0.1, 0.15) is 46.0 Å². The Morgan fingerprint density at radius 3 is 1.07 bits per heavy atom. The van der Waals surface area contributed by atoms with Crippen LogP contribution >= 0.6 is 0 Å². The molecule has 523 valence electrons. The molecule has 28 nitrogen and oxygen atoms in total. The van der Waals surface area contributed by atoms with Crippen LogP contribution in [0.4, 0.5) is 0 Å². The van der Waals surface area contributed by atoms with Gasteiger partial charge in [-0.3, -0.25) is 0 Å². The fourth-order valence-corrected chi connectivity index (χ4v) is 17.4. The summed E-state index contributed by atoms with van der Waals surface area (Å²) in [6, 6.07) is 27.9. The Bertz CT molecular complexity index is 5790. The molecule has 0 saturated heterocycles. The molecule has 5 heterocycles. The molecule has 101 heavy (non-hydrogen) atoms. The van der Waals surface area contributed by atoms with Gasteiger partial charge in [-0.1, -0.05) is 30.3 Å². The molecule has 0 saturated carbocycles. The molecule has 1 radical (unpaired) electrons. The van der Waals surface area contributed by atoms with Crippen LogP contribution in [0.2, 0.25) is 0 Å². The first-order valence-electron chi connectivity index (χ1n) is 30.8. The number of hydrogen-bond donors (Lipinski definition) is 12. The van der Waals surface area contributed by atoms with Crippen LogP contribution in [0, 0.1) is 0 Å². The minimum absolute atomic E-state index is 0. The average molecular weight is 1490 g/mol. The number of fused-ring (bicyclic) bond motifs is 20. The van der Waals surface area contributed by atoms with Crippen LogP contribution in [0.5, 0.6) is 46.0 Å². The number of benzene rings is 8. The molecule has 2 aliphatic rings. The van der Waals surface area contributed by atoms with Gasteiger partial charge in [-0.25, -0.2) is 62.5 Å². The van der Waals surface area contributed by atoms with Crippen molar-refractivity contribution < 1.29 is 91.6 Å². The first-order valence-corrected chi connectivity index (χ1v) is 36.7. The van der Waals surface area contributed by atoms with E-state index in [1.165, 1.54) is 146 Å². The van der Waals surface area contributed by atoms with E-state index in [0.717, 1.165) is 0 Å². The molecule has 0 amide bonds. The molecule has 0 aliphatic carbocycles. The van der Waals surface area contributed by atoms with Gasteiger partial charge < -0.3 is 70.8 Å². The molecular formula is C68H60CuN12O16S4. The van der Waals surface area contributed by atoms with E-state index in [2.05, 4.69) is 18.9 Å². The largest absolute Gasteiger partial charge is 2.00 e. The van der Waals surface area contributed by atoms with Crippen molar-refractivity contribution in [1.29, 1.82) is 0 Å². The van der Waals surface area contributed by atoms with Gasteiger partial charge in [0.25, 0.3) is 0 Å². The summed E-state index contributed by atoms with van der Waals surface area (Å²) in [4.78, 5) is 37.8. The Balaban J connectivity index is 0.00000965. The SMILES string of the molecule is CC(Cc1cc(O)ccc1O)NS(=O)(=O)c1ccc2c(c1)-c1nc-2nc2[n-]c(nc3nc(nc4[n-]c(n1)c1ccc(S(=O)(=O)NC(C)Cc5cc(O)ccc5O)cc41)-c1ccc(S(=O)(=O)NC(C)Cc4cc(O)ccc4O)cc1-3)c1cccc(S(=O)(=O)NC(C)Cc3cc(O)ccc3O)c21.[Cu+2]. The van der Waals surface area contributed by atoms with Gasteiger partial charge in [0, 0.05) is 74.4 Å². The number of aromatic nitrogens is 8. The summed E-state index contributed by atoms with van der Waals surface area (Å²) in [6.45, 7) is 6.20. The molecule has 4 unspecified atom stereocenters. The van der Waals surface area contributed by atoms with E-state index in [0.29, 0.717) is 0 Å². The first-order chi connectivity index (χ1) is 47.3. The number of nitrogens with one attached hydrogen (secondary N) is 4. The maximum atomic E-state index is 14.9. The summed E-state index contributed by atoms with van der Waals surface area (Å²) in [5.74, 6) is -2.14. The summed E-state index contributed by atoms with van der Waals surface area (Å²) >= 11 is 0. The number of rotatable bonds is 20. The van der Waals surface area contributed by atoms with Crippen LogP contribution in [0.15, 0.2) is 165 Å². The summed E-state index contributed by atoms with van der Waals surface area (Å²) in [6.07, 6.45) is -0.241. The quantitative estimate of drug-likeness (QED) is 0.0261. The van der Waals surface area contributed by atoms with Gasteiger partial charge in [-0.05, 0) is 207 Å². The third-order valence-electron chi connectivity index (χ3n) is 16.6. The Morgan fingerprint density at radius 2 is 0.663 bits per heavy atom. The molecular weight excluding hydrogens is 1430 g/mol. The number of aromatic hydroxyl groups is 8. The third-order valence-corrected chi connectivity index (χ3v) is 23.0. The molecule has 8 bridgehead atoms. The molecule has 0 spiro atoms. The number of sulfonamides is 4. The molecule has 33 heteroatoms. The van der Waals surface area contributed by atoms with Crippen LogP contribution in [0.1, 0.15) is 49.9 Å². The van der Waals surface area contributed by atoms with Crippen LogP contribution in [-0.2, 0) is 82.8 Å². The fourth-order valence-electron chi connectivity index (χ4n) is 12.1. The molecule has 11 aromatic rings. The van der Waals surface area contributed by atoms with Gasteiger partial charge in [0.15, 0.2) is 0 Å². The summed E-state index contributed by atoms with van der Waals surface area (Å²) in [5, 5.41) is 83.2. The van der Waals surface area contributed by atoms with Crippen molar-refractivity contribution >= 4 is 84.2 Å². The van der Waals surface area contributed by atoms with Gasteiger partial charge in [-0.15, -0.1) is 0 Å². The summed E-state index contributed by atoms with van der Waals surface area (Å²) in [5.41, 5.74) is 0.531. The van der Waals surface area contributed by atoms with E-state index in [4.69, 9.17) is 39.9 Å². The van der Waals surface area contributed by atoms with Gasteiger partial charge in [0.2, 0.25) is 40.1 Å². The minimum Gasteiger partial charge on any atom is -0.508 e. The second kappa shape index (κ2) is 27.0. The topological polar surface area (TPSA) is 452 Å². The molecule has 3 aromatic heterocycles. The predicted molar refractivity (Wildman–Crippen MR) is 367 cm³/mol. The van der Waals surface area contributed by atoms with Crippen LogP contribution < -0.4 is 28.9 Å². The zero-order chi connectivity index (χ0) is 71.1. The molecule has 13 rings (SSSR count). The Kier molecular flexibility index (Phi) is 18.8. The van der Waals surface area contributed by atoms with Crippen molar-refractivity contribution in [2.75, 3.05) is 0 Å². The second-order valence-electron chi connectivity index (χ2n) is 24.4. The molecule has 12 N–H and O–H groups in total. The number of nitrogens with zero attached hydrogens (tertiary/aromatic N) is 8. The van der Waals surface area contributed by atoms with Gasteiger partial charge in [0.05, 0.1) is 42.9 Å². The van der Waals surface area contributed by atoms with Crippen molar-refractivity contribution in [2.45, 2.75) is 97.1 Å². The third kappa shape index (κ3) is 14.4. The smallest absolute Gasteiger partial charge is 0.508 e. The van der Waals surface area contributed by atoms with Crippen molar-refractivity contribution in [3.05, 3.63) is 168 Å². The molecule has 0 fully saturated rings. The van der Waals surface area contributed by atoms with E-state index < -0.39 is 64.3 Å². The summed E-state index contributed by atoms with van der Waals surface area (Å²) < 4.78 is 127. The number of phenols is 8. The first kappa shape index (κ1) is 70.5. The van der Waals surface area contributed by atoms with E-state index in [-0.39, 0.29) is 220 Å². The number of hydrogen-bond acceptors (Lipinski definition) is 22. The Hall–Kier alpha value is -10.3. The second-order valence-corrected chi connectivity index (χ2v) is 31.3. The maximum absolute atomic E-state index is 14.9. The van der Waals surface area contributed by atoms with Crippen LogP contribution in [-0.4, -0.2) is 129 Å². The van der Waals surface area contributed by atoms with Gasteiger partial charge >= 0.3 is 17.1 Å². The van der Waals surface area contributed by atoms with Crippen LogP contribution in [0.3, 0.4) is 0 Å². The molecule has 8 aromatic carbocycles. The normalized spacial score (nSPS) is 13.7. The monoisotopic (exact) mass is 1490 g/mol. The summed E-state index contributed by atoms with van der Waals surface area (Å²) in [7, 11) is -18.0. The zero-order valence-corrected chi connectivity index (χ0v) is 57.6. The van der Waals surface area contributed by atoms with E-state index in [1.807, 2.05) is 0 Å². The zero-order valence-electron chi connectivity index (χ0n) is 53.4. The molecule has 2 aliphatic heterocycles. The number of phenolic OH excluding ortho intramolecular Hbond substituents is 8. The Morgan fingerprint density at radius 1 is 0.337 bits per heavy atom. The standard InChI is InChI=1S/C68H60N12O16S4.Cu/c1-33(22-37-26-41(81)8-18-55(37)85)77-97(89,90)45-12-15-48-52(30-45)65-69-61(48)71-66-54-32-47(99(93,94)79-35(3)24-39-28-43(83)10-20-57(39)87)14-17-50(54)63(73-66)75-68-60-51(6-5-7-59(60)100(95,96)80-36(4)25-40-29-44(84)11-21-58(40)88)64(76-68)74-67-53-31-46(13-16-49(53)62(70-65)72-67)98(91,92)78-34(2)23-38-27-42(82)9-19-56(38)86;/h5-21,26-36,77-80H,22-25H2,1-4H3,(H8-2,69,70,71,72,73,74,75,76,81,82,83,84,85,86,87,88);/q-2;+2. The van der Waals surface area contributed by atoms with Crippen molar-refractivity contribution in [3.63, 3.8) is 0 Å². The van der Waals surface area contributed by atoms with Crippen molar-refractivity contribution in [3.8, 4) is 91.5 Å². The predicted octanol–water partition coefficient (Wildman–Crippen LogP) is 7.41. The van der Waals surface area contributed by atoms with E-state index in [9.17, 15) is 74.5 Å². The van der Waals surface area contributed by atoms with E-state index >= 15 is 0 Å². The maximum Gasteiger partial charge on any atom is 2.00 e. The average Bonchev–Trinajstić information content (AvgIpc) is 1.60. The Labute approximate surface area is 587 Å². The fraction of sp³-hybridized carbons (Fsp3) is 0.176.